The van der Waals surface area contributed by atoms with Gasteiger partial charge in [0.2, 0.25) is 0 Å². The van der Waals surface area contributed by atoms with Gasteiger partial charge in [-0.1, -0.05) is 38.1 Å². The minimum atomic E-state index is -0.0272. The molecule has 0 amide bonds. The van der Waals surface area contributed by atoms with Gasteiger partial charge in [0.05, 0.1) is 5.36 Å². The summed E-state index contributed by atoms with van der Waals surface area (Å²) in [5, 5.41) is 8.38. The topological polar surface area (TPSA) is 40.2 Å². The predicted octanol–water partition coefficient (Wildman–Crippen LogP) is 5.90. The van der Waals surface area contributed by atoms with Crippen molar-refractivity contribution in [1.82, 2.24) is 0 Å². The van der Waals surface area contributed by atoms with E-state index in [1.807, 2.05) is 18.2 Å². The van der Waals surface area contributed by atoms with Gasteiger partial charge < -0.3 is 14.7 Å². The normalized spacial score (nSPS) is 20.3. The Kier molecular flexibility index (Phi) is 4.02. The second kappa shape index (κ2) is 6.48. The van der Waals surface area contributed by atoms with Crippen LogP contribution in [0.3, 0.4) is 0 Å². The fraction of sp³-hybridized carbons (Fsp3) is 0.269. The minimum Gasteiger partial charge on any atom is -0.456 e. The van der Waals surface area contributed by atoms with Gasteiger partial charge in [0.1, 0.15) is 11.5 Å². The van der Waals surface area contributed by atoms with Gasteiger partial charge >= 0.3 is 0 Å². The molecule has 3 heteroatoms. The van der Waals surface area contributed by atoms with Crippen LogP contribution in [0.1, 0.15) is 43.6 Å². The fourth-order valence-corrected chi connectivity index (χ4v) is 4.85. The molecule has 146 valence electrons. The highest BCUT2D eigenvalue weighted by Gasteiger charge is 2.37. The van der Waals surface area contributed by atoms with Crippen LogP contribution in [0.2, 0.25) is 0 Å². The van der Waals surface area contributed by atoms with Crippen LogP contribution in [-0.4, -0.2) is 7.05 Å². The van der Waals surface area contributed by atoms with Crippen LogP contribution in [0.5, 0.6) is 0 Å². The molecule has 0 atom stereocenters. The van der Waals surface area contributed by atoms with E-state index in [0.717, 1.165) is 36.3 Å². The SMILES string of the molecule is CN1/C(=C/C=C2\CCCc3cc4ccc(=N)cc-4oc32)C(C)(C)c2ccccc21. The highest BCUT2D eigenvalue weighted by molar-refractivity contribution is 5.74. The lowest BCUT2D eigenvalue weighted by Crippen LogP contribution is -2.22. The van der Waals surface area contributed by atoms with E-state index in [2.05, 4.69) is 68.3 Å². The summed E-state index contributed by atoms with van der Waals surface area (Å²) in [6, 6.07) is 16.5. The fourth-order valence-electron chi connectivity index (χ4n) is 4.85. The van der Waals surface area contributed by atoms with Crippen LogP contribution >= 0.6 is 0 Å². The highest BCUT2D eigenvalue weighted by atomic mass is 16.3. The van der Waals surface area contributed by atoms with Gasteiger partial charge in [0.25, 0.3) is 0 Å². The number of likely N-dealkylation sites (N-methyl/N-ethyl adjacent to an activating group) is 1. The maximum absolute atomic E-state index is 7.90. The number of aryl methyl sites for hydroxylation is 1. The van der Waals surface area contributed by atoms with Crippen LogP contribution < -0.4 is 10.3 Å². The number of hydrogen-bond acceptors (Lipinski definition) is 3. The van der Waals surface area contributed by atoms with Gasteiger partial charge in [-0.25, -0.2) is 0 Å². The Balaban J connectivity index is 1.60. The first kappa shape index (κ1) is 18.0. The monoisotopic (exact) mass is 382 g/mol. The number of anilines is 1. The van der Waals surface area contributed by atoms with E-state index in [0.29, 0.717) is 5.36 Å². The molecule has 3 nitrogen and oxygen atoms in total. The lowest BCUT2D eigenvalue weighted by Gasteiger charge is -2.24. The van der Waals surface area contributed by atoms with Crippen LogP contribution in [-0.2, 0) is 11.8 Å². The number of benzene rings is 2. The Bertz CT molecular complexity index is 1200. The van der Waals surface area contributed by atoms with Crippen molar-refractivity contribution in [3.8, 4) is 11.3 Å². The first-order valence-electron chi connectivity index (χ1n) is 10.3. The molecule has 1 aromatic carbocycles. The third-order valence-corrected chi connectivity index (χ3v) is 6.41. The Labute approximate surface area is 171 Å². The summed E-state index contributed by atoms with van der Waals surface area (Å²) in [5.74, 6) is 1.78. The van der Waals surface area contributed by atoms with Gasteiger partial charge in [-0.05, 0) is 66.3 Å². The van der Waals surface area contributed by atoms with Crippen molar-refractivity contribution in [3.63, 3.8) is 0 Å². The predicted molar refractivity (Wildman–Crippen MR) is 118 cm³/mol. The highest BCUT2D eigenvalue weighted by Crippen LogP contribution is 2.47. The van der Waals surface area contributed by atoms with Crippen molar-refractivity contribution in [3.05, 3.63) is 88.6 Å². The molecule has 0 aromatic heterocycles. The Morgan fingerprint density at radius 1 is 1.03 bits per heavy atom. The summed E-state index contributed by atoms with van der Waals surface area (Å²) in [7, 11) is 2.15. The molecule has 1 N–H and O–H groups in total. The zero-order valence-corrected chi connectivity index (χ0v) is 17.3. The lowest BCUT2D eigenvalue weighted by atomic mass is 9.83. The van der Waals surface area contributed by atoms with Crippen molar-refractivity contribution in [2.45, 2.75) is 38.5 Å². The zero-order valence-electron chi connectivity index (χ0n) is 17.3. The molecule has 2 aliphatic carbocycles. The van der Waals surface area contributed by atoms with Crippen molar-refractivity contribution in [2.75, 3.05) is 11.9 Å². The Hall–Kier alpha value is -3.07. The molecule has 0 unspecified atom stereocenters. The van der Waals surface area contributed by atoms with E-state index in [4.69, 9.17) is 9.83 Å². The van der Waals surface area contributed by atoms with Gasteiger partial charge in [-0.3, -0.25) is 0 Å². The van der Waals surface area contributed by atoms with E-state index < -0.39 is 0 Å². The molecule has 0 saturated heterocycles. The third kappa shape index (κ3) is 2.84. The molecule has 5 rings (SSSR count). The van der Waals surface area contributed by atoms with Gasteiger partial charge in [0, 0.05) is 35.5 Å². The van der Waals surface area contributed by atoms with E-state index >= 15 is 0 Å². The van der Waals surface area contributed by atoms with E-state index in [1.54, 1.807) is 0 Å². The van der Waals surface area contributed by atoms with Crippen LogP contribution in [0.15, 0.2) is 70.8 Å². The van der Waals surface area contributed by atoms with Crippen molar-refractivity contribution < 1.29 is 4.42 Å². The number of allylic oxidation sites excluding steroid dienone is 4. The Morgan fingerprint density at radius 3 is 2.69 bits per heavy atom. The van der Waals surface area contributed by atoms with E-state index in [1.165, 1.54) is 28.1 Å². The molecule has 0 radical (unpaired) electrons. The van der Waals surface area contributed by atoms with Crippen LogP contribution in [0.4, 0.5) is 5.69 Å². The largest absolute Gasteiger partial charge is 0.456 e. The first-order chi connectivity index (χ1) is 13.9. The van der Waals surface area contributed by atoms with E-state index in [-0.39, 0.29) is 5.41 Å². The number of rotatable bonds is 1. The van der Waals surface area contributed by atoms with Crippen molar-refractivity contribution in [2.24, 2.45) is 0 Å². The molecule has 4 aliphatic rings. The zero-order chi connectivity index (χ0) is 20.2. The van der Waals surface area contributed by atoms with Gasteiger partial charge in [-0.2, -0.15) is 0 Å². The maximum atomic E-state index is 7.90. The smallest absolute Gasteiger partial charge is 0.136 e. The second-order valence-corrected chi connectivity index (χ2v) is 8.65. The standard InChI is InChI=1S/C26H26N2O/c1-26(2)21-9-4-5-10-22(21)28(3)24(26)14-12-17-7-6-8-19-15-18-11-13-20(27)16-23(18)29-25(17)19/h4-5,9-16,27H,6-8H2,1-3H3/b17-12+,24-14+,27-20?. The molecule has 2 aliphatic heterocycles. The lowest BCUT2D eigenvalue weighted by molar-refractivity contribution is 0.526. The second-order valence-electron chi connectivity index (χ2n) is 8.65. The summed E-state index contributed by atoms with van der Waals surface area (Å²) in [4.78, 5) is 2.31. The minimum absolute atomic E-state index is 0.0272. The summed E-state index contributed by atoms with van der Waals surface area (Å²) in [6.07, 6.45) is 7.72. The summed E-state index contributed by atoms with van der Waals surface area (Å²) < 4.78 is 6.30. The average molecular weight is 383 g/mol. The average Bonchev–Trinajstić information content (AvgIpc) is 2.91. The first-order valence-corrected chi connectivity index (χ1v) is 10.3. The molecule has 29 heavy (non-hydrogen) atoms. The number of nitrogens with zero attached hydrogens (tertiary/aromatic N) is 1. The van der Waals surface area contributed by atoms with Gasteiger partial charge in [-0.15, -0.1) is 0 Å². The van der Waals surface area contributed by atoms with Crippen molar-refractivity contribution in [1.29, 1.82) is 5.41 Å². The van der Waals surface area contributed by atoms with Crippen LogP contribution in [0.25, 0.3) is 16.9 Å². The van der Waals surface area contributed by atoms with Crippen LogP contribution in [0, 0.1) is 5.41 Å². The summed E-state index contributed by atoms with van der Waals surface area (Å²) in [5.41, 5.74) is 7.52. The third-order valence-electron chi connectivity index (χ3n) is 6.41. The molecule has 0 fully saturated rings. The Morgan fingerprint density at radius 2 is 1.86 bits per heavy atom. The summed E-state index contributed by atoms with van der Waals surface area (Å²) >= 11 is 0. The molecule has 0 saturated carbocycles. The number of para-hydroxylation sites is 1. The van der Waals surface area contributed by atoms with Crippen molar-refractivity contribution >= 4 is 11.3 Å². The number of fused-ring (bicyclic) bond motifs is 3. The molecule has 0 spiro atoms. The summed E-state index contributed by atoms with van der Waals surface area (Å²) in [6.45, 7) is 4.59. The molecule has 0 bridgehead atoms. The molecular weight excluding hydrogens is 356 g/mol. The maximum Gasteiger partial charge on any atom is 0.136 e. The van der Waals surface area contributed by atoms with Gasteiger partial charge in [0.15, 0.2) is 0 Å². The molecule has 2 heterocycles. The quantitative estimate of drug-likeness (QED) is 0.569. The molecule has 1 aromatic rings. The molecular formula is C26H26N2O. The number of nitrogens with one attached hydrogen (secondary N) is 1. The van der Waals surface area contributed by atoms with E-state index in [9.17, 15) is 0 Å². The number of hydrogen-bond donors (Lipinski definition) is 1.